The van der Waals surface area contributed by atoms with Crippen LogP contribution in [0.5, 0.6) is 0 Å². The van der Waals surface area contributed by atoms with Crippen LogP contribution >= 0.6 is 11.8 Å². The molecule has 2 heterocycles. The van der Waals surface area contributed by atoms with E-state index in [1.807, 2.05) is 0 Å². The molecule has 6 nitrogen and oxygen atoms in total. The topological polar surface area (TPSA) is 77.0 Å². The fourth-order valence-electron chi connectivity index (χ4n) is 2.65. The van der Waals surface area contributed by atoms with Crippen LogP contribution in [0.1, 0.15) is 29.5 Å². The third-order valence-electron chi connectivity index (χ3n) is 3.89. The summed E-state index contributed by atoms with van der Waals surface area (Å²) in [4.78, 5) is 14.6. The highest BCUT2D eigenvalue weighted by Gasteiger charge is 2.39. The molecule has 0 unspecified atom stereocenters. The molecular weight excluding hydrogens is 355 g/mol. The zero-order chi connectivity index (χ0) is 18.0. The average molecular weight is 371 g/mol. The smallest absolute Gasteiger partial charge is 0.341 e. The molecule has 2 aromatic rings. The summed E-state index contributed by atoms with van der Waals surface area (Å²) in [5.74, 6) is 4.04. The van der Waals surface area contributed by atoms with Gasteiger partial charge < -0.3 is 10.7 Å². The first-order valence-electron chi connectivity index (χ1n) is 7.66. The number of nitrogens with two attached hydrogens (primary N) is 1. The SMILES string of the molecule is Nn1c(S[C@H](C(=O)N2CCCC2)c2ccccc2)nnc1C(F)(F)F. The summed E-state index contributed by atoms with van der Waals surface area (Å²) < 4.78 is 38.9. The van der Waals surface area contributed by atoms with Crippen LogP contribution in [0.4, 0.5) is 13.2 Å². The zero-order valence-electron chi connectivity index (χ0n) is 13.1. The van der Waals surface area contributed by atoms with E-state index in [1.165, 1.54) is 0 Å². The maximum atomic E-state index is 12.8. The van der Waals surface area contributed by atoms with Crippen LogP contribution in [0, 0.1) is 0 Å². The Morgan fingerprint density at radius 3 is 2.36 bits per heavy atom. The van der Waals surface area contributed by atoms with E-state index >= 15 is 0 Å². The Bertz CT molecular complexity index is 743. The van der Waals surface area contributed by atoms with E-state index in [0.29, 0.717) is 23.3 Å². The second-order valence-electron chi connectivity index (χ2n) is 5.61. The molecule has 0 radical (unpaired) electrons. The number of thioether (sulfide) groups is 1. The molecule has 25 heavy (non-hydrogen) atoms. The predicted octanol–water partition coefficient (Wildman–Crippen LogP) is 2.47. The number of nitrogen functional groups attached to an aromatic ring is 1. The number of nitrogens with zero attached hydrogens (tertiary/aromatic N) is 4. The maximum Gasteiger partial charge on any atom is 0.453 e. The molecule has 1 atom stereocenters. The van der Waals surface area contributed by atoms with Gasteiger partial charge in [0.25, 0.3) is 5.82 Å². The number of hydrogen-bond acceptors (Lipinski definition) is 5. The molecule has 10 heteroatoms. The van der Waals surface area contributed by atoms with Gasteiger partial charge in [-0.3, -0.25) is 4.79 Å². The van der Waals surface area contributed by atoms with Crippen molar-refractivity contribution in [2.75, 3.05) is 18.9 Å². The molecule has 0 aliphatic carbocycles. The van der Waals surface area contributed by atoms with Gasteiger partial charge in [-0.15, -0.1) is 10.2 Å². The number of alkyl halides is 3. The maximum absolute atomic E-state index is 12.8. The molecule has 2 N–H and O–H groups in total. The van der Waals surface area contributed by atoms with Gasteiger partial charge in [-0.2, -0.15) is 13.2 Å². The summed E-state index contributed by atoms with van der Waals surface area (Å²) in [6, 6.07) is 8.86. The molecular formula is C15H16F3N5OS. The second kappa shape index (κ2) is 6.95. The normalized spacial score (nSPS) is 16.2. The van der Waals surface area contributed by atoms with Crippen molar-refractivity contribution in [2.45, 2.75) is 29.4 Å². The van der Waals surface area contributed by atoms with E-state index in [1.54, 1.807) is 35.2 Å². The summed E-state index contributed by atoms with van der Waals surface area (Å²) in [5.41, 5.74) is 0.681. The lowest BCUT2D eigenvalue weighted by atomic mass is 10.1. The van der Waals surface area contributed by atoms with E-state index < -0.39 is 17.3 Å². The molecule has 1 fully saturated rings. The standard InChI is InChI=1S/C15H16F3N5OS/c16-15(17,18)13-20-21-14(23(13)19)25-11(10-6-2-1-3-7-10)12(24)22-8-4-5-9-22/h1-3,6-7,11H,4-5,8-9,19H2/t11-/m0/s1. The molecule has 1 aliphatic heterocycles. The number of rotatable bonds is 4. The van der Waals surface area contributed by atoms with Gasteiger partial charge in [0.15, 0.2) is 0 Å². The average Bonchev–Trinajstić information content (AvgIpc) is 3.22. The quantitative estimate of drug-likeness (QED) is 0.660. The van der Waals surface area contributed by atoms with E-state index in [-0.39, 0.29) is 11.1 Å². The third kappa shape index (κ3) is 3.73. The number of carbonyl (C=O) groups is 1. The summed E-state index contributed by atoms with van der Waals surface area (Å²) in [6.45, 7) is 1.29. The minimum absolute atomic E-state index is 0.159. The van der Waals surface area contributed by atoms with E-state index in [4.69, 9.17) is 5.84 Å². The summed E-state index contributed by atoms with van der Waals surface area (Å²) in [6.07, 6.45) is -2.87. The van der Waals surface area contributed by atoms with Crippen molar-refractivity contribution in [1.29, 1.82) is 0 Å². The Kier molecular flexibility index (Phi) is 4.89. The van der Waals surface area contributed by atoms with Crippen LogP contribution in [0.15, 0.2) is 35.5 Å². The van der Waals surface area contributed by atoms with E-state index in [2.05, 4.69) is 10.2 Å². The van der Waals surface area contributed by atoms with Crippen molar-refractivity contribution >= 4 is 17.7 Å². The minimum Gasteiger partial charge on any atom is -0.341 e. The first-order chi connectivity index (χ1) is 11.9. The van der Waals surface area contributed by atoms with Crippen molar-refractivity contribution < 1.29 is 18.0 Å². The number of halogens is 3. The molecule has 134 valence electrons. The highest BCUT2D eigenvalue weighted by Crippen LogP contribution is 2.37. The van der Waals surface area contributed by atoms with Crippen molar-refractivity contribution in [3.05, 3.63) is 41.7 Å². The molecule has 1 aromatic carbocycles. The Morgan fingerprint density at radius 1 is 1.16 bits per heavy atom. The molecule has 3 rings (SSSR count). The highest BCUT2D eigenvalue weighted by molar-refractivity contribution is 8.00. The van der Waals surface area contributed by atoms with Crippen molar-refractivity contribution in [3.63, 3.8) is 0 Å². The Morgan fingerprint density at radius 2 is 1.80 bits per heavy atom. The Labute approximate surface area is 146 Å². The molecule has 1 aliphatic rings. The highest BCUT2D eigenvalue weighted by atomic mass is 32.2. The lowest BCUT2D eigenvalue weighted by molar-refractivity contribution is -0.146. The summed E-state index contributed by atoms with van der Waals surface area (Å²) >= 11 is 0.873. The van der Waals surface area contributed by atoms with Crippen LogP contribution in [0.25, 0.3) is 0 Å². The van der Waals surface area contributed by atoms with Crippen molar-refractivity contribution in [3.8, 4) is 0 Å². The molecule has 0 saturated carbocycles. The van der Waals surface area contributed by atoms with Crippen molar-refractivity contribution in [1.82, 2.24) is 19.8 Å². The van der Waals surface area contributed by atoms with Crippen LogP contribution in [0.2, 0.25) is 0 Å². The molecule has 0 spiro atoms. The molecule has 1 aromatic heterocycles. The van der Waals surface area contributed by atoms with Gasteiger partial charge in [-0.25, -0.2) is 4.68 Å². The largest absolute Gasteiger partial charge is 0.453 e. The van der Waals surface area contributed by atoms with Gasteiger partial charge in [0, 0.05) is 13.1 Å². The number of amides is 1. The Hall–Kier alpha value is -2.23. The molecule has 1 saturated heterocycles. The number of benzene rings is 1. The number of aromatic nitrogens is 3. The van der Waals surface area contributed by atoms with Crippen LogP contribution in [-0.4, -0.2) is 38.8 Å². The van der Waals surface area contributed by atoms with Gasteiger partial charge in [0.2, 0.25) is 11.1 Å². The van der Waals surface area contributed by atoms with Crippen LogP contribution in [-0.2, 0) is 11.0 Å². The van der Waals surface area contributed by atoms with Crippen LogP contribution < -0.4 is 5.84 Å². The minimum atomic E-state index is -4.71. The Balaban J connectivity index is 1.90. The first kappa shape index (κ1) is 17.6. The van der Waals surface area contributed by atoms with Gasteiger partial charge in [-0.1, -0.05) is 42.1 Å². The number of hydrogen-bond donors (Lipinski definition) is 1. The summed E-state index contributed by atoms with van der Waals surface area (Å²) in [5, 5.41) is 5.74. The van der Waals surface area contributed by atoms with Gasteiger partial charge in [-0.05, 0) is 18.4 Å². The predicted molar refractivity (Wildman–Crippen MR) is 86.0 cm³/mol. The monoisotopic (exact) mass is 371 g/mol. The van der Waals surface area contributed by atoms with Crippen molar-refractivity contribution in [2.24, 2.45) is 0 Å². The second-order valence-corrected chi connectivity index (χ2v) is 6.69. The lowest BCUT2D eigenvalue weighted by Crippen LogP contribution is -2.32. The first-order valence-corrected chi connectivity index (χ1v) is 8.54. The van der Waals surface area contributed by atoms with Gasteiger partial charge in [0.05, 0.1) is 0 Å². The molecule has 1 amide bonds. The lowest BCUT2D eigenvalue weighted by Gasteiger charge is -2.22. The van der Waals surface area contributed by atoms with Gasteiger partial charge >= 0.3 is 6.18 Å². The fourth-order valence-corrected chi connectivity index (χ4v) is 3.69. The fraction of sp³-hybridized carbons (Fsp3) is 0.400. The van der Waals surface area contributed by atoms with Crippen LogP contribution in [0.3, 0.4) is 0 Å². The van der Waals surface area contributed by atoms with E-state index in [9.17, 15) is 18.0 Å². The third-order valence-corrected chi connectivity index (χ3v) is 5.08. The van der Waals surface area contributed by atoms with E-state index in [0.717, 1.165) is 24.6 Å². The summed E-state index contributed by atoms with van der Waals surface area (Å²) in [7, 11) is 0. The number of likely N-dealkylation sites (tertiary alicyclic amines) is 1. The molecule has 0 bridgehead atoms. The zero-order valence-corrected chi connectivity index (χ0v) is 13.9. The number of carbonyl (C=O) groups excluding carboxylic acids is 1. The van der Waals surface area contributed by atoms with Gasteiger partial charge in [0.1, 0.15) is 5.25 Å².